The average Bonchev–Trinajstić information content (AvgIpc) is 2.48. The molecule has 1 aliphatic heterocycles. The van der Waals surface area contributed by atoms with Gasteiger partial charge in [0.2, 0.25) is 0 Å². The van der Waals surface area contributed by atoms with Crippen LogP contribution in [0.3, 0.4) is 0 Å². The summed E-state index contributed by atoms with van der Waals surface area (Å²) in [4.78, 5) is 2.38. The van der Waals surface area contributed by atoms with Crippen molar-refractivity contribution < 1.29 is 13.2 Å². The fourth-order valence-electron chi connectivity index (χ4n) is 2.85. The molecule has 2 rings (SSSR count). The molecule has 0 aliphatic carbocycles. The molecule has 5 heteroatoms. The van der Waals surface area contributed by atoms with Crippen molar-refractivity contribution in [2.24, 2.45) is 0 Å². The molecule has 0 radical (unpaired) electrons. The van der Waals surface area contributed by atoms with Gasteiger partial charge in [0.25, 0.3) is 0 Å². The standard InChI is InChI=1S/C16H23F3N2/c1-2-3-4-15(21-11-9-20-10-12-21)13-5-7-14(8-6-13)16(17,18)19/h5-8,15,20H,2-4,9-12H2,1H3. The van der Waals surface area contributed by atoms with Crippen LogP contribution in [0.25, 0.3) is 0 Å². The summed E-state index contributed by atoms with van der Waals surface area (Å²) in [6.45, 7) is 5.94. The summed E-state index contributed by atoms with van der Waals surface area (Å²) in [6, 6.07) is 5.93. The Kier molecular flexibility index (Phi) is 5.65. The van der Waals surface area contributed by atoms with Gasteiger partial charge in [0.15, 0.2) is 0 Å². The third-order valence-corrected chi connectivity index (χ3v) is 4.05. The van der Waals surface area contributed by atoms with Gasteiger partial charge in [-0.15, -0.1) is 0 Å². The van der Waals surface area contributed by atoms with Gasteiger partial charge in [-0.3, -0.25) is 4.90 Å². The van der Waals surface area contributed by atoms with Gasteiger partial charge in [0, 0.05) is 32.2 Å². The first kappa shape index (κ1) is 16.3. The van der Waals surface area contributed by atoms with Gasteiger partial charge in [-0.1, -0.05) is 31.9 Å². The molecule has 1 aliphatic rings. The van der Waals surface area contributed by atoms with Crippen LogP contribution in [0.1, 0.15) is 43.4 Å². The molecule has 1 unspecified atom stereocenters. The smallest absolute Gasteiger partial charge is 0.314 e. The van der Waals surface area contributed by atoms with Crippen LogP contribution in [0.15, 0.2) is 24.3 Å². The Hall–Kier alpha value is -1.07. The number of nitrogens with zero attached hydrogens (tertiary/aromatic N) is 1. The van der Waals surface area contributed by atoms with Crippen molar-refractivity contribution in [1.82, 2.24) is 10.2 Å². The molecule has 0 bridgehead atoms. The van der Waals surface area contributed by atoms with Crippen molar-refractivity contribution in [3.63, 3.8) is 0 Å². The molecule has 1 saturated heterocycles. The summed E-state index contributed by atoms with van der Waals surface area (Å²) >= 11 is 0. The fraction of sp³-hybridized carbons (Fsp3) is 0.625. The molecule has 0 amide bonds. The molecule has 0 aromatic heterocycles. The summed E-state index contributed by atoms with van der Waals surface area (Å²) in [5, 5.41) is 3.32. The van der Waals surface area contributed by atoms with E-state index >= 15 is 0 Å². The van der Waals surface area contributed by atoms with Crippen molar-refractivity contribution in [3.8, 4) is 0 Å². The Bertz CT molecular complexity index is 422. The number of rotatable bonds is 5. The lowest BCUT2D eigenvalue weighted by Gasteiger charge is -2.35. The van der Waals surface area contributed by atoms with Gasteiger partial charge in [0.05, 0.1) is 5.56 Å². The van der Waals surface area contributed by atoms with E-state index in [2.05, 4.69) is 17.1 Å². The SMILES string of the molecule is CCCCC(c1ccc(C(F)(F)F)cc1)N1CCNCC1. The van der Waals surface area contributed by atoms with E-state index in [9.17, 15) is 13.2 Å². The molecular formula is C16H23F3N2. The molecule has 1 heterocycles. The van der Waals surface area contributed by atoms with Crippen LogP contribution in [0.4, 0.5) is 13.2 Å². The first-order valence-electron chi connectivity index (χ1n) is 7.64. The Morgan fingerprint density at radius 3 is 2.29 bits per heavy atom. The first-order valence-corrected chi connectivity index (χ1v) is 7.64. The van der Waals surface area contributed by atoms with Crippen LogP contribution in [0.5, 0.6) is 0 Å². The number of nitrogens with one attached hydrogen (secondary N) is 1. The van der Waals surface area contributed by atoms with Gasteiger partial charge in [-0.05, 0) is 24.1 Å². The lowest BCUT2D eigenvalue weighted by molar-refractivity contribution is -0.137. The Labute approximate surface area is 124 Å². The Balaban J connectivity index is 2.15. The molecule has 1 atom stereocenters. The summed E-state index contributed by atoms with van der Waals surface area (Å²) in [5.74, 6) is 0. The first-order chi connectivity index (χ1) is 10.0. The van der Waals surface area contributed by atoms with Gasteiger partial charge < -0.3 is 5.32 Å². The van der Waals surface area contributed by atoms with Crippen LogP contribution in [-0.2, 0) is 6.18 Å². The molecule has 1 N–H and O–H groups in total. The largest absolute Gasteiger partial charge is 0.416 e. The van der Waals surface area contributed by atoms with Gasteiger partial charge in [-0.25, -0.2) is 0 Å². The minimum atomic E-state index is -4.26. The number of unbranched alkanes of at least 4 members (excludes halogenated alkanes) is 1. The third-order valence-electron chi connectivity index (χ3n) is 4.05. The van der Waals surface area contributed by atoms with E-state index in [1.165, 1.54) is 12.1 Å². The molecule has 1 aromatic carbocycles. The predicted octanol–water partition coefficient (Wildman–Crippen LogP) is 3.84. The molecule has 2 nitrogen and oxygen atoms in total. The maximum Gasteiger partial charge on any atom is 0.416 e. The van der Waals surface area contributed by atoms with Crippen molar-refractivity contribution in [3.05, 3.63) is 35.4 Å². The van der Waals surface area contributed by atoms with Crippen molar-refractivity contribution >= 4 is 0 Å². The molecule has 0 spiro atoms. The van der Waals surface area contributed by atoms with E-state index in [-0.39, 0.29) is 6.04 Å². The van der Waals surface area contributed by atoms with E-state index in [0.29, 0.717) is 0 Å². The highest BCUT2D eigenvalue weighted by Crippen LogP contribution is 2.32. The second kappa shape index (κ2) is 7.27. The van der Waals surface area contributed by atoms with Crippen LogP contribution in [-0.4, -0.2) is 31.1 Å². The average molecular weight is 300 g/mol. The molecular weight excluding hydrogens is 277 g/mol. The van der Waals surface area contributed by atoms with Gasteiger partial charge in [-0.2, -0.15) is 13.2 Å². The quantitative estimate of drug-likeness (QED) is 0.889. The maximum absolute atomic E-state index is 12.7. The Morgan fingerprint density at radius 1 is 1.14 bits per heavy atom. The van der Waals surface area contributed by atoms with E-state index in [1.807, 2.05) is 0 Å². The fourth-order valence-corrected chi connectivity index (χ4v) is 2.85. The second-order valence-corrected chi connectivity index (χ2v) is 5.56. The molecule has 118 valence electrons. The van der Waals surface area contributed by atoms with Crippen LogP contribution in [0, 0.1) is 0 Å². The topological polar surface area (TPSA) is 15.3 Å². The highest BCUT2D eigenvalue weighted by Gasteiger charge is 2.30. The van der Waals surface area contributed by atoms with Crippen molar-refractivity contribution in [1.29, 1.82) is 0 Å². The van der Waals surface area contributed by atoms with Gasteiger partial charge >= 0.3 is 6.18 Å². The minimum Gasteiger partial charge on any atom is -0.314 e. The van der Waals surface area contributed by atoms with Crippen LogP contribution >= 0.6 is 0 Å². The van der Waals surface area contributed by atoms with Gasteiger partial charge in [0.1, 0.15) is 0 Å². The summed E-state index contributed by atoms with van der Waals surface area (Å²) in [7, 11) is 0. The van der Waals surface area contributed by atoms with Crippen LogP contribution < -0.4 is 5.32 Å². The molecule has 1 fully saturated rings. The zero-order valence-corrected chi connectivity index (χ0v) is 12.4. The second-order valence-electron chi connectivity index (χ2n) is 5.56. The van der Waals surface area contributed by atoms with E-state index in [1.54, 1.807) is 12.1 Å². The predicted molar refractivity (Wildman–Crippen MR) is 78.2 cm³/mol. The van der Waals surface area contributed by atoms with E-state index in [0.717, 1.165) is 51.0 Å². The third kappa shape index (κ3) is 4.45. The molecule has 1 aromatic rings. The minimum absolute atomic E-state index is 0.231. The number of halogens is 3. The number of benzene rings is 1. The monoisotopic (exact) mass is 300 g/mol. The molecule has 21 heavy (non-hydrogen) atoms. The number of hydrogen-bond donors (Lipinski definition) is 1. The van der Waals surface area contributed by atoms with Crippen molar-refractivity contribution in [2.75, 3.05) is 26.2 Å². The highest BCUT2D eigenvalue weighted by atomic mass is 19.4. The summed E-state index contributed by atoms with van der Waals surface area (Å²) < 4.78 is 38.0. The number of hydrogen-bond acceptors (Lipinski definition) is 2. The number of piperazine rings is 1. The summed E-state index contributed by atoms with van der Waals surface area (Å²) in [6.07, 6.45) is -1.06. The zero-order valence-electron chi connectivity index (χ0n) is 12.4. The highest BCUT2D eigenvalue weighted by molar-refractivity contribution is 5.27. The lowest BCUT2D eigenvalue weighted by Crippen LogP contribution is -2.45. The maximum atomic E-state index is 12.7. The van der Waals surface area contributed by atoms with Crippen LogP contribution in [0.2, 0.25) is 0 Å². The van der Waals surface area contributed by atoms with E-state index in [4.69, 9.17) is 0 Å². The number of alkyl halides is 3. The zero-order chi connectivity index (χ0) is 15.3. The van der Waals surface area contributed by atoms with E-state index < -0.39 is 11.7 Å². The molecule has 0 saturated carbocycles. The summed E-state index contributed by atoms with van der Waals surface area (Å²) in [5.41, 5.74) is 0.430. The van der Waals surface area contributed by atoms with Crippen molar-refractivity contribution in [2.45, 2.75) is 38.4 Å². The normalized spacial score (nSPS) is 18.7. The Morgan fingerprint density at radius 2 is 1.76 bits per heavy atom. The lowest BCUT2D eigenvalue weighted by atomic mass is 9.97.